The molecule has 1 heterocycles. The lowest BCUT2D eigenvalue weighted by atomic mass is 10.1. The number of halogens is 1. The Morgan fingerprint density at radius 1 is 1.26 bits per heavy atom. The molecule has 1 aliphatic rings. The Morgan fingerprint density at radius 2 is 1.97 bits per heavy atom. The summed E-state index contributed by atoms with van der Waals surface area (Å²) in [5.74, 6) is -2.34. The average molecular weight is 446 g/mol. The molecule has 1 N–H and O–H groups in total. The van der Waals surface area contributed by atoms with Crippen molar-refractivity contribution in [3.05, 3.63) is 63.2 Å². The van der Waals surface area contributed by atoms with Crippen molar-refractivity contribution in [3.63, 3.8) is 0 Å². The van der Waals surface area contributed by atoms with Crippen LogP contribution in [0.5, 0.6) is 0 Å². The van der Waals surface area contributed by atoms with Gasteiger partial charge in [0.25, 0.3) is 11.6 Å². The summed E-state index contributed by atoms with van der Waals surface area (Å²) in [6.45, 7) is 1.55. The number of carbonyl (C=O) groups is 3. The van der Waals surface area contributed by atoms with Crippen LogP contribution in [0.25, 0.3) is 0 Å². The summed E-state index contributed by atoms with van der Waals surface area (Å²) < 4.78 is 5.03. The molecule has 2 amide bonds. The number of aryl methyl sites for hydroxylation is 1. The Bertz CT molecular complexity index is 1020. The van der Waals surface area contributed by atoms with Crippen molar-refractivity contribution < 1.29 is 24.0 Å². The van der Waals surface area contributed by atoms with Crippen LogP contribution in [0.4, 0.5) is 17.1 Å². The average Bonchev–Trinajstić information content (AvgIpc) is 3.13. The van der Waals surface area contributed by atoms with Gasteiger partial charge in [0.15, 0.2) is 6.61 Å². The first-order chi connectivity index (χ1) is 14.8. The Balaban J connectivity index is 1.56. The van der Waals surface area contributed by atoms with E-state index in [0.29, 0.717) is 5.69 Å². The summed E-state index contributed by atoms with van der Waals surface area (Å²) in [5.41, 5.74) is 1.40. The van der Waals surface area contributed by atoms with Crippen molar-refractivity contribution in [2.45, 2.75) is 19.8 Å². The number of nitrogens with zero attached hydrogens (tertiary/aromatic N) is 2. The highest BCUT2D eigenvalue weighted by molar-refractivity contribution is 6.31. The first-order valence-electron chi connectivity index (χ1n) is 9.58. The normalized spacial score (nSPS) is 15.6. The van der Waals surface area contributed by atoms with Crippen molar-refractivity contribution in [2.24, 2.45) is 5.92 Å². The van der Waals surface area contributed by atoms with Crippen molar-refractivity contribution in [1.82, 2.24) is 0 Å². The topological polar surface area (TPSA) is 119 Å². The minimum atomic E-state index is -0.755. The maximum absolute atomic E-state index is 12.3. The summed E-state index contributed by atoms with van der Waals surface area (Å²) in [4.78, 5) is 48.7. The van der Waals surface area contributed by atoms with Gasteiger partial charge in [-0.25, -0.2) is 0 Å². The second-order valence-corrected chi connectivity index (χ2v) is 7.44. The van der Waals surface area contributed by atoms with Gasteiger partial charge in [0.05, 0.1) is 10.8 Å². The Morgan fingerprint density at radius 3 is 2.61 bits per heavy atom. The van der Waals surface area contributed by atoms with E-state index in [9.17, 15) is 24.5 Å². The third-order valence-electron chi connectivity index (χ3n) is 4.89. The van der Waals surface area contributed by atoms with Gasteiger partial charge < -0.3 is 15.0 Å². The highest BCUT2D eigenvalue weighted by atomic mass is 35.5. The van der Waals surface area contributed by atoms with Crippen LogP contribution in [-0.4, -0.2) is 35.9 Å². The number of hydrogen-bond acceptors (Lipinski definition) is 6. The van der Waals surface area contributed by atoms with E-state index in [1.54, 1.807) is 0 Å². The molecule has 3 rings (SSSR count). The summed E-state index contributed by atoms with van der Waals surface area (Å²) in [5, 5.41) is 13.6. The fourth-order valence-electron chi connectivity index (χ4n) is 3.24. The number of hydrogen-bond donors (Lipinski definition) is 1. The predicted molar refractivity (Wildman–Crippen MR) is 114 cm³/mol. The van der Waals surface area contributed by atoms with E-state index < -0.39 is 29.3 Å². The molecule has 1 unspecified atom stereocenters. The second-order valence-electron chi connectivity index (χ2n) is 7.00. The number of nitro groups is 1. The van der Waals surface area contributed by atoms with Gasteiger partial charge in [-0.2, -0.15) is 0 Å². The van der Waals surface area contributed by atoms with Crippen LogP contribution >= 0.6 is 11.6 Å². The molecule has 0 saturated carbocycles. The molecule has 1 aliphatic heterocycles. The van der Waals surface area contributed by atoms with Gasteiger partial charge >= 0.3 is 5.97 Å². The first-order valence-corrected chi connectivity index (χ1v) is 9.96. The van der Waals surface area contributed by atoms with E-state index in [-0.39, 0.29) is 35.3 Å². The number of ether oxygens (including phenoxy) is 1. The fraction of sp³-hybridized carbons (Fsp3) is 0.286. The molecule has 2 aromatic carbocycles. The predicted octanol–water partition coefficient (Wildman–Crippen LogP) is 3.35. The first kappa shape index (κ1) is 22.2. The molecule has 31 heavy (non-hydrogen) atoms. The fourth-order valence-corrected chi connectivity index (χ4v) is 3.41. The number of amides is 2. The van der Waals surface area contributed by atoms with Gasteiger partial charge in [-0.3, -0.25) is 24.5 Å². The molecule has 0 spiro atoms. The van der Waals surface area contributed by atoms with Crippen LogP contribution in [0.2, 0.25) is 5.02 Å². The van der Waals surface area contributed by atoms with Crippen molar-refractivity contribution in [1.29, 1.82) is 0 Å². The van der Waals surface area contributed by atoms with Gasteiger partial charge in [-0.15, -0.1) is 0 Å². The molecule has 1 atom stereocenters. The van der Waals surface area contributed by atoms with E-state index in [1.807, 2.05) is 31.2 Å². The van der Waals surface area contributed by atoms with E-state index in [1.165, 1.54) is 17.0 Å². The molecule has 162 valence electrons. The Hall–Kier alpha value is -3.46. The van der Waals surface area contributed by atoms with Crippen molar-refractivity contribution in [2.75, 3.05) is 23.4 Å². The molecule has 9 nitrogen and oxygen atoms in total. The monoisotopic (exact) mass is 445 g/mol. The van der Waals surface area contributed by atoms with E-state index in [0.717, 1.165) is 18.1 Å². The molecule has 0 aromatic heterocycles. The number of nitro benzene ring substituents is 1. The van der Waals surface area contributed by atoms with Crippen LogP contribution < -0.4 is 10.2 Å². The lowest BCUT2D eigenvalue weighted by molar-refractivity contribution is -0.383. The summed E-state index contributed by atoms with van der Waals surface area (Å²) in [7, 11) is 0. The van der Waals surface area contributed by atoms with Gasteiger partial charge in [-0.05, 0) is 36.2 Å². The summed E-state index contributed by atoms with van der Waals surface area (Å²) in [6, 6.07) is 11.2. The number of nitrogens with one attached hydrogen (secondary N) is 1. The van der Waals surface area contributed by atoms with E-state index in [2.05, 4.69) is 5.32 Å². The Labute approximate surface area is 183 Å². The molecular weight excluding hydrogens is 426 g/mol. The summed E-state index contributed by atoms with van der Waals surface area (Å²) >= 11 is 5.82. The highest BCUT2D eigenvalue weighted by Crippen LogP contribution is 2.28. The molecule has 0 radical (unpaired) electrons. The molecule has 1 fully saturated rings. The molecule has 2 aromatic rings. The standard InChI is InChI=1S/C21H20ClN3O6/c1-2-13-3-6-16(7-4-13)24-11-14(9-20(24)27)21(28)31-12-19(26)23-17-10-15(22)5-8-18(17)25(29)30/h3-8,10,14H,2,9,11-12H2,1H3,(H,23,26). The maximum Gasteiger partial charge on any atom is 0.311 e. The van der Waals surface area contributed by atoms with Crippen LogP contribution in [0.15, 0.2) is 42.5 Å². The minimum Gasteiger partial charge on any atom is -0.455 e. The maximum atomic E-state index is 12.3. The number of rotatable bonds is 7. The lowest BCUT2D eigenvalue weighted by Crippen LogP contribution is -2.28. The lowest BCUT2D eigenvalue weighted by Gasteiger charge is -2.17. The van der Waals surface area contributed by atoms with Crippen molar-refractivity contribution >= 4 is 46.4 Å². The number of esters is 1. The number of benzene rings is 2. The van der Waals surface area contributed by atoms with E-state index >= 15 is 0 Å². The molecular formula is C21H20ClN3O6. The molecule has 0 aliphatic carbocycles. The smallest absolute Gasteiger partial charge is 0.311 e. The molecule has 1 saturated heterocycles. The number of carbonyl (C=O) groups excluding carboxylic acids is 3. The van der Waals surface area contributed by atoms with Gasteiger partial charge in [0.1, 0.15) is 5.69 Å². The SMILES string of the molecule is CCc1ccc(N2CC(C(=O)OCC(=O)Nc3cc(Cl)ccc3[N+](=O)[O-])CC2=O)cc1. The number of anilines is 2. The van der Waals surface area contributed by atoms with Crippen LogP contribution in [0, 0.1) is 16.0 Å². The molecule has 0 bridgehead atoms. The summed E-state index contributed by atoms with van der Waals surface area (Å²) in [6.07, 6.45) is 0.860. The minimum absolute atomic E-state index is 0.0181. The third kappa shape index (κ3) is 5.37. The van der Waals surface area contributed by atoms with Crippen LogP contribution in [0.3, 0.4) is 0 Å². The zero-order chi connectivity index (χ0) is 22.5. The largest absolute Gasteiger partial charge is 0.455 e. The third-order valence-corrected chi connectivity index (χ3v) is 5.12. The van der Waals surface area contributed by atoms with Crippen LogP contribution in [0.1, 0.15) is 18.9 Å². The van der Waals surface area contributed by atoms with Gasteiger partial charge in [0, 0.05) is 29.7 Å². The Kier molecular flexibility index (Phi) is 6.86. The van der Waals surface area contributed by atoms with Gasteiger partial charge in [0.2, 0.25) is 5.91 Å². The molecule has 10 heteroatoms. The van der Waals surface area contributed by atoms with E-state index in [4.69, 9.17) is 16.3 Å². The second kappa shape index (κ2) is 9.57. The zero-order valence-electron chi connectivity index (χ0n) is 16.7. The van der Waals surface area contributed by atoms with Crippen molar-refractivity contribution in [3.8, 4) is 0 Å². The van der Waals surface area contributed by atoms with Gasteiger partial charge in [-0.1, -0.05) is 30.7 Å². The quantitative estimate of drug-likeness (QED) is 0.396. The highest BCUT2D eigenvalue weighted by Gasteiger charge is 2.36. The zero-order valence-corrected chi connectivity index (χ0v) is 17.4. The van der Waals surface area contributed by atoms with Crippen LogP contribution in [-0.2, 0) is 25.5 Å².